The van der Waals surface area contributed by atoms with Crippen LogP contribution >= 0.6 is 0 Å². The highest BCUT2D eigenvalue weighted by Gasteiger charge is 2.42. The van der Waals surface area contributed by atoms with Gasteiger partial charge in [-0.1, -0.05) is 60.2 Å². The largest absolute Gasteiger partial charge is 0.339 e. The lowest BCUT2D eigenvalue weighted by Crippen LogP contribution is -2.34. The second-order valence-electron chi connectivity index (χ2n) is 7.65. The number of benzene rings is 3. The van der Waals surface area contributed by atoms with E-state index in [2.05, 4.69) is 0 Å². The Balaban J connectivity index is 1.91. The lowest BCUT2D eigenvalue weighted by molar-refractivity contribution is -0.120. The smallest absolute Gasteiger partial charge is 0.282 e. The summed E-state index contributed by atoms with van der Waals surface area (Å²) in [4.78, 5) is 30.4. The summed E-state index contributed by atoms with van der Waals surface area (Å²) in [7, 11) is 1.83. The predicted octanol–water partition coefficient (Wildman–Crippen LogP) is 5.03. The minimum atomic E-state index is -0.310. The average molecular weight is 396 g/mol. The van der Waals surface area contributed by atoms with E-state index in [-0.39, 0.29) is 11.8 Å². The van der Waals surface area contributed by atoms with Crippen molar-refractivity contribution in [2.75, 3.05) is 16.8 Å². The van der Waals surface area contributed by atoms with E-state index in [9.17, 15) is 9.59 Å². The molecule has 0 saturated carbocycles. The Morgan fingerprint density at radius 2 is 1.40 bits per heavy atom. The van der Waals surface area contributed by atoms with Crippen LogP contribution in [0.1, 0.15) is 22.3 Å². The molecule has 4 heteroatoms. The molecule has 0 atom stereocenters. The normalized spacial score (nSPS) is 13.9. The van der Waals surface area contributed by atoms with Crippen molar-refractivity contribution in [1.82, 2.24) is 0 Å². The number of aryl methyl sites for hydroxylation is 2. The molecule has 0 aliphatic carbocycles. The van der Waals surface area contributed by atoms with Gasteiger partial charge in [-0.15, -0.1) is 0 Å². The average Bonchev–Trinajstić information content (AvgIpc) is 3.01. The summed E-state index contributed by atoms with van der Waals surface area (Å²) in [6, 6.07) is 23.0. The number of hydrogen-bond donors (Lipinski definition) is 0. The molecule has 1 aliphatic rings. The van der Waals surface area contributed by atoms with Crippen molar-refractivity contribution in [3.05, 3.63) is 101 Å². The maximum Gasteiger partial charge on any atom is 0.282 e. The number of anilines is 2. The predicted molar refractivity (Wildman–Crippen MR) is 121 cm³/mol. The molecular formula is C26H24N2O2. The summed E-state index contributed by atoms with van der Waals surface area (Å²) >= 11 is 0. The highest BCUT2D eigenvalue weighted by atomic mass is 16.2. The van der Waals surface area contributed by atoms with Crippen molar-refractivity contribution < 1.29 is 9.59 Å². The number of likely N-dealkylation sites (N-methyl/N-ethyl adjacent to an activating group) is 1. The monoisotopic (exact) mass is 396 g/mol. The lowest BCUT2D eigenvalue weighted by Gasteiger charge is -2.22. The first kappa shape index (κ1) is 19.6. The Hall–Kier alpha value is -3.66. The van der Waals surface area contributed by atoms with Gasteiger partial charge in [-0.25, -0.2) is 4.90 Å². The molecule has 0 radical (unpaired) electrons. The van der Waals surface area contributed by atoms with Crippen molar-refractivity contribution >= 4 is 28.8 Å². The molecule has 0 bridgehead atoms. The molecule has 150 valence electrons. The fourth-order valence-electron chi connectivity index (χ4n) is 3.79. The first-order chi connectivity index (χ1) is 14.4. The summed E-state index contributed by atoms with van der Waals surface area (Å²) in [5.41, 5.74) is 6.08. The molecule has 1 aliphatic heterocycles. The lowest BCUT2D eigenvalue weighted by atomic mass is 10.0. The van der Waals surface area contributed by atoms with E-state index >= 15 is 0 Å². The van der Waals surface area contributed by atoms with Crippen molar-refractivity contribution in [2.24, 2.45) is 0 Å². The van der Waals surface area contributed by atoms with E-state index in [0.29, 0.717) is 17.0 Å². The molecule has 0 fully saturated rings. The number of imide groups is 1. The van der Waals surface area contributed by atoms with Crippen LogP contribution in [-0.4, -0.2) is 18.9 Å². The topological polar surface area (TPSA) is 40.6 Å². The molecule has 0 N–H and O–H groups in total. The third-order valence-electron chi connectivity index (χ3n) is 5.70. The van der Waals surface area contributed by atoms with Gasteiger partial charge < -0.3 is 4.90 Å². The van der Waals surface area contributed by atoms with Crippen LogP contribution in [0.3, 0.4) is 0 Å². The third kappa shape index (κ3) is 3.20. The van der Waals surface area contributed by atoms with Crippen LogP contribution in [0.5, 0.6) is 0 Å². The Kier molecular flexibility index (Phi) is 5.00. The number of nitrogens with zero attached hydrogens (tertiary/aromatic N) is 2. The SMILES string of the molecule is Cc1ccc(C2=C(N(C)c3ccccc3)C(=O)N(c3cccc(C)c3C)C2=O)cc1. The van der Waals surface area contributed by atoms with E-state index in [0.717, 1.165) is 27.9 Å². The Bertz CT molecular complexity index is 1160. The van der Waals surface area contributed by atoms with Gasteiger partial charge in [-0.3, -0.25) is 9.59 Å². The summed E-state index contributed by atoms with van der Waals surface area (Å²) in [6.45, 7) is 5.92. The van der Waals surface area contributed by atoms with Gasteiger partial charge in [0.2, 0.25) is 0 Å². The second-order valence-corrected chi connectivity index (χ2v) is 7.65. The second kappa shape index (κ2) is 7.64. The van der Waals surface area contributed by atoms with Gasteiger partial charge in [0.1, 0.15) is 5.70 Å². The van der Waals surface area contributed by atoms with Gasteiger partial charge in [0, 0.05) is 12.7 Å². The number of amides is 2. The third-order valence-corrected chi connectivity index (χ3v) is 5.70. The van der Waals surface area contributed by atoms with Crippen molar-refractivity contribution in [3.63, 3.8) is 0 Å². The highest BCUT2D eigenvalue weighted by Crippen LogP contribution is 2.37. The van der Waals surface area contributed by atoms with Crippen molar-refractivity contribution in [3.8, 4) is 0 Å². The molecule has 0 saturated heterocycles. The summed E-state index contributed by atoms with van der Waals surface area (Å²) in [5, 5.41) is 0. The zero-order valence-corrected chi connectivity index (χ0v) is 17.6. The molecule has 3 aromatic rings. The van der Waals surface area contributed by atoms with E-state index in [4.69, 9.17) is 0 Å². The van der Waals surface area contributed by atoms with E-state index in [1.54, 1.807) is 4.90 Å². The van der Waals surface area contributed by atoms with Crippen LogP contribution in [-0.2, 0) is 9.59 Å². The quantitative estimate of drug-likeness (QED) is 0.581. The van der Waals surface area contributed by atoms with Crippen LogP contribution in [0.15, 0.2) is 78.5 Å². The number of rotatable bonds is 4. The van der Waals surface area contributed by atoms with Crippen molar-refractivity contribution in [1.29, 1.82) is 0 Å². The van der Waals surface area contributed by atoms with Crippen LogP contribution in [0.4, 0.5) is 11.4 Å². The van der Waals surface area contributed by atoms with E-state index in [1.807, 2.05) is 101 Å². The molecule has 3 aromatic carbocycles. The van der Waals surface area contributed by atoms with Crippen LogP contribution < -0.4 is 9.80 Å². The number of carbonyl (C=O) groups excluding carboxylic acids is 2. The molecule has 0 aromatic heterocycles. The first-order valence-corrected chi connectivity index (χ1v) is 9.95. The fraction of sp³-hybridized carbons (Fsp3) is 0.154. The van der Waals surface area contributed by atoms with Gasteiger partial charge in [-0.05, 0) is 55.7 Å². The summed E-state index contributed by atoms with van der Waals surface area (Å²) in [5.74, 6) is -0.606. The molecule has 2 amide bonds. The van der Waals surface area contributed by atoms with Gasteiger partial charge in [0.25, 0.3) is 11.8 Å². The maximum absolute atomic E-state index is 13.7. The zero-order valence-electron chi connectivity index (χ0n) is 17.6. The standard InChI is InChI=1S/C26H24N2O2/c1-17-13-15-20(16-14-17)23-24(27(4)21-10-6-5-7-11-21)26(30)28(25(23)29)22-12-8-9-18(2)19(22)3/h5-16H,1-4H3. The molecule has 0 unspecified atom stereocenters. The van der Waals surface area contributed by atoms with Crippen LogP contribution in [0.2, 0.25) is 0 Å². The summed E-state index contributed by atoms with van der Waals surface area (Å²) < 4.78 is 0. The van der Waals surface area contributed by atoms with Crippen LogP contribution in [0.25, 0.3) is 5.57 Å². The fourth-order valence-corrected chi connectivity index (χ4v) is 3.79. The first-order valence-electron chi connectivity index (χ1n) is 9.95. The van der Waals surface area contributed by atoms with Gasteiger partial charge >= 0.3 is 0 Å². The summed E-state index contributed by atoms with van der Waals surface area (Å²) in [6.07, 6.45) is 0. The Morgan fingerprint density at radius 3 is 2.07 bits per heavy atom. The van der Waals surface area contributed by atoms with E-state index < -0.39 is 0 Å². The van der Waals surface area contributed by atoms with Gasteiger partial charge in [0.05, 0.1) is 11.3 Å². The van der Waals surface area contributed by atoms with Gasteiger partial charge in [0.15, 0.2) is 0 Å². The minimum absolute atomic E-state index is 0.296. The minimum Gasteiger partial charge on any atom is -0.339 e. The number of carbonyl (C=O) groups is 2. The molecule has 4 rings (SSSR count). The molecule has 30 heavy (non-hydrogen) atoms. The van der Waals surface area contributed by atoms with Crippen LogP contribution in [0, 0.1) is 20.8 Å². The number of para-hydroxylation sites is 1. The molecule has 4 nitrogen and oxygen atoms in total. The Morgan fingerprint density at radius 1 is 0.733 bits per heavy atom. The van der Waals surface area contributed by atoms with Gasteiger partial charge in [-0.2, -0.15) is 0 Å². The number of hydrogen-bond acceptors (Lipinski definition) is 3. The Labute approximate surface area is 177 Å². The zero-order chi connectivity index (χ0) is 21.4. The molecular weight excluding hydrogens is 372 g/mol. The van der Waals surface area contributed by atoms with E-state index in [1.165, 1.54) is 4.90 Å². The van der Waals surface area contributed by atoms with Crippen molar-refractivity contribution in [2.45, 2.75) is 20.8 Å². The molecule has 0 spiro atoms. The molecule has 1 heterocycles. The highest BCUT2D eigenvalue weighted by molar-refractivity contribution is 6.46. The maximum atomic E-state index is 13.7.